The molecule has 1 aliphatic heterocycles. The van der Waals surface area contributed by atoms with Gasteiger partial charge in [-0.2, -0.15) is 0 Å². The van der Waals surface area contributed by atoms with Crippen molar-refractivity contribution >= 4 is 23.2 Å². The van der Waals surface area contributed by atoms with Crippen molar-refractivity contribution in [2.24, 2.45) is 0 Å². The third-order valence-corrected chi connectivity index (χ3v) is 3.42. The van der Waals surface area contributed by atoms with Crippen molar-refractivity contribution in [1.82, 2.24) is 4.90 Å². The number of amides is 1. The molecule has 0 aromatic heterocycles. The molecule has 0 atom stereocenters. The molecule has 0 N–H and O–H groups in total. The van der Waals surface area contributed by atoms with Gasteiger partial charge >= 0.3 is 0 Å². The molecule has 0 bridgehead atoms. The van der Waals surface area contributed by atoms with Gasteiger partial charge in [-0.05, 0) is 25.0 Å². The van der Waals surface area contributed by atoms with E-state index in [1.165, 1.54) is 17.0 Å². The molecule has 1 heterocycles. The summed E-state index contributed by atoms with van der Waals surface area (Å²) in [5, 5.41) is 10.8. The lowest BCUT2D eigenvalue weighted by atomic mass is 10.1. The summed E-state index contributed by atoms with van der Waals surface area (Å²) in [6.45, 7) is 0.660. The van der Waals surface area contributed by atoms with Crippen LogP contribution in [-0.2, 0) is 0 Å². The minimum absolute atomic E-state index is 0.0102. The van der Waals surface area contributed by atoms with Crippen LogP contribution in [0.25, 0.3) is 0 Å². The van der Waals surface area contributed by atoms with Gasteiger partial charge in [0.1, 0.15) is 11.2 Å². The van der Waals surface area contributed by atoms with Crippen molar-refractivity contribution in [3.63, 3.8) is 0 Å². The van der Waals surface area contributed by atoms with Gasteiger partial charge in [0.2, 0.25) is 0 Å². The van der Waals surface area contributed by atoms with E-state index < -0.39 is 11.1 Å². The normalized spacial score (nSPS) is 16.4. The predicted octanol–water partition coefficient (Wildman–Crippen LogP) is 2.82. The van der Waals surface area contributed by atoms with E-state index in [4.69, 9.17) is 11.6 Å². The first-order valence-electron chi connectivity index (χ1n) is 5.86. The lowest BCUT2D eigenvalue weighted by Gasteiger charge is -2.28. The van der Waals surface area contributed by atoms with Crippen molar-refractivity contribution in [3.05, 3.63) is 38.9 Å². The molecule has 1 aromatic carbocycles. The van der Waals surface area contributed by atoms with Crippen LogP contribution in [0.2, 0.25) is 5.02 Å². The Kier molecular flexibility index (Phi) is 3.99. The van der Waals surface area contributed by atoms with Gasteiger partial charge in [0.25, 0.3) is 11.6 Å². The third-order valence-electron chi connectivity index (χ3n) is 3.10. The summed E-state index contributed by atoms with van der Waals surface area (Å²) in [5.41, 5.74) is -0.0960. The molecule has 19 heavy (non-hydrogen) atoms. The number of nitrogens with zero attached hydrogens (tertiary/aromatic N) is 2. The molecule has 0 unspecified atom stereocenters. The lowest BCUT2D eigenvalue weighted by molar-refractivity contribution is -0.384. The molecule has 0 saturated carbocycles. The van der Waals surface area contributed by atoms with E-state index in [1.54, 1.807) is 0 Å². The van der Waals surface area contributed by atoms with E-state index in [9.17, 15) is 19.3 Å². The number of hydrogen-bond donors (Lipinski definition) is 0. The van der Waals surface area contributed by atoms with Crippen LogP contribution in [-0.4, -0.2) is 35.0 Å². The molecule has 7 heteroatoms. The Morgan fingerprint density at radius 1 is 1.42 bits per heavy atom. The van der Waals surface area contributed by atoms with Crippen LogP contribution in [0.3, 0.4) is 0 Å². The molecule has 1 fully saturated rings. The van der Waals surface area contributed by atoms with Gasteiger partial charge in [0, 0.05) is 24.7 Å². The van der Waals surface area contributed by atoms with Gasteiger partial charge in [0.15, 0.2) is 0 Å². The maximum absolute atomic E-state index is 13.0. The topological polar surface area (TPSA) is 63.4 Å². The number of hydrogen-bond acceptors (Lipinski definition) is 3. The second-order valence-electron chi connectivity index (χ2n) is 4.39. The minimum Gasteiger partial charge on any atom is -0.338 e. The number of benzene rings is 1. The number of piperidine rings is 1. The van der Waals surface area contributed by atoms with Crippen molar-refractivity contribution in [2.75, 3.05) is 13.1 Å². The molecule has 1 aromatic rings. The highest BCUT2D eigenvalue weighted by atomic mass is 35.5. The third kappa shape index (κ3) is 3.01. The fraction of sp³-hybridized carbons (Fsp3) is 0.417. The SMILES string of the molecule is O=C(c1ccc(Cl)c([N+](=O)[O-])c1)N1CCC(F)CC1. The highest BCUT2D eigenvalue weighted by Crippen LogP contribution is 2.26. The Labute approximate surface area is 114 Å². The van der Waals surface area contributed by atoms with Gasteiger partial charge in [-0.1, -0.05) is 11.6 Å². The maximum Gasteiger partial charge on any atom is 0.288 e. The zero-order valence-corrected chi connectivity index (χ0v) is 10.8. The first-order chi connectivity index (χ1) is 8.99. The number of halogens is 2. The molecule has 0 radical (unpaired) electrons. The second-order valence-corrected chi connectivity index (χ2v) is 4.80. The summed E-state index contributed by atoms with van der Waals surface area (Å²) < 4.78 is 13.0. The van der Waals surface area contributed by atoms with E-state index in [1.807, 2.05) is 0 Å². The number of nitro groups is 1. The number of rotatable bonds is 2. The molecule has 5 nitrogen and oxygen atoms in total. The first-order valence-corrected chi connectivity index (χ1v) is 6.24. The van der Waals surface area contributed by atoms with E-state index in [-0.39, 0.29) is 22.2 Å². The number of alkyl halides is 1. The predicted molar refractivity (Wildman–Crippen MR) is 68.1 cm³/mol. The Balaban J connectivity index is 2.20. The standard InChI is InChI=1S/C12H12ClFN2O3/c13-10-2-1-8(7-11(10)16(18)19)12(17)15-5-3-9(14)4-6-15/h1-2,7,9H,3-6H2. The molecule has 0 spiro atoms. The molecule has 102 valence electrons. The molecule has 1 saturated heterocycles. The molecule has 2 rings (SSSR count). The number of carbonyl (C=O) groups excluding carboxylic acids is 1. The average Bonchev–Trinajstić information content (AvgIpc) is 2.39. The summed E-state index contributed by atoms with van der Waals surface area (Å²) in [4.78, 5) is 23.8. The molecular weight excluding hydrogens is 275 g/mol. The van der Waals surface area contributed by atoms with E-state index in [2.05, 4.69) is 0 Å². The van der Waals surface area contributed by atoms with Gasteiger partial charge in [-0.25, -0.2) is 4.39 Å². The lowest BCUT2D eigenvalue weighted by Crippen LogP contribution is -2.39. The Morgan fingerprint density at radius 2 is 2.05 bits per heavy atom. The zero-order valence-electron chi connectivity index (χ0n) is 10.0. The zero-order chi connectivity index (χ0) is 14.0. The monoisotopic (exact) mass is 286 g/mol. The van der Waals surface area contributed by atoms with Crippen LogP contribution >= 0.6 is 11.6 Å². The number of likely N-dealkylation sites (tertiary alicyclic amines) is 1. The van der Waals surface area contributed by atoms with Crippen molar-refractivity contribution < 1.29 is 14.1 Å². The fourth-order valence-corrected chi connectivity index (χ4v) is 2.21. The summed E-state index contributed by atoms with van der Waals surface area (Å²) in [7, 11) is 0. The van der Waals surface area contributed by atoms with Crippen LogP contribution in [0, 0.1) is 10.1 Å². The van der Waals surface area contributed by atoms with Crippen molar-refractivity contribution in [1.29, 1.82) is 0 Å². The average molecular weight is 287 g/mol. The molecule has 1 aliphatic rings. The van der Waals surface area contributed by atoms with E-state index in [0.717, 1.165) is 6.07 Å². The molecular formula is C12H12ClFN2O3. The van der Waals surface area contributed by atoms with Gasteiger partial charge in [-0.15, -0.1) is 0 Å². The highest BCUT2D eigenvalue weighted by Gasteiger charge is 2.25. The van der Waals surface area contributed by atoms with Crippen LogP contribution in [0.4, 0.5) is 10.1 Å². The summed E-state index contributed by atoms with van der Waals surface area (Å²) in [5.74, 6) is -0.327. The Hall–Kier alpha value is -1.69. The largest absolute Gasteiger partial charge is 0.338 e. The maximum atomic E-state index is 13.0. The molecule has 1 amide bonds. The van der Waals surface area contributed by atoms with Gasteiger partial charge in [0.05, 0.1) is 4.92 Å². The Bertz CT molecular complexity index is 516. The van der Waals surface area contributed by atoms with Crippen LogP contribution < -0.4 is 0 Å². The number of carbonyl (C=O) groups is 1. The quantitative estimate of drug-likeness (QED) is 0.620. The van der Waals surface area contributed by atoms with E-state index >= 15 is 0 Å². The summed E-state index contributed by atoms with van der Waals surface area (Å²) >= 11 is 5.68. The second kappa shape index (κ2) is 5.52. The highest BCUT2D eigenvalue weighted by molar-refractivity contribution is 6.32. The first kappa shape index (κ1) is 13.7. The van der Waals surface area contributed by atoms with E-state index in [0.29, 0.717) is 25.9 Å². The fourth-order valence-electron chi connectivity index (χ4n) is 2.02. The summed E-state index contributed by atoms with van der Waals surface area (Å²) in [6.07, 6.45) is -0.258. The minimum atomic E-state index is -0.872. The van der Waals surface area contributed by atoms with Gasteiger partial charge < -0.3 is 4.90 Å². The van der Waals surface area contributed by atoms with Crippen molar-refractivity contribution in [3.8, 4) is 0 Å². The summed E-state index contributed by atoms with van der Waals surface area (Å²) in [6, 6.07) is 3.93. The molecule has 0 aliphatic carbocycles. The number of nitro benzene ring substituents is 1. The van der Waals surface area contributed by atoms with Gasteiger partial charge in [-0.3, -0.25) is 14.9 Å². The van der Waals surface area contributed by atoms with Crippen LogP contribution in [0.15, 0.2) is 18.2 Å². The smallest absolute Gasteiger partial charge is 0.288 e. The van der Waals surface area contributed by atoms with Crippen LogP contribution in [0.1, 0.15) is 23.2 Å². The van der Waals surface area contributed by atoms with Crippen LogP contribution in [0.5, 0.6) is 0 Å². The van der Waals surface area contributed by atoms with Crippen molar-refractivity contribution in [2.45, 2.75) is 19.0 Å². The Morgan fingerprint density at radius 3 is 2.63 bits per heavy atom.